The normalized spacial score (nSPS) is 13.7. The number of hydrogen-bond acceptors (Lipinski definition) is 15. The van der Waals surface area contributed by atoms with Gasteiger partial charge in [-0.05, 0) is 31.6 Å². The molecule has 0 amide bonds. The van der Waals surface area contributed by atoms with Crippen LogP contribution in [0.5, 0.6) is 0 Å². The van der Waals surface area contributed by atoms with Crippen LogP contribution in [0.4, 0.5) is 0 Å². The third-order valence-corrected chi connectivity index (χ3v) is 22.4. The summed E-state index contributed by atoms with van der Waals surface area (Å²) >= 11 is 0. The van der Waals surface area contributed by atoms with E-state index in [-0.39, 0.29) is 25.7 Å². The van der Waals surface area contributed by atoms with Gasteiger partial charge in [-0.1, -0.05) is 420 Å². The van der Waals surface area contributed by atoms with Crippen LogP contribution in [0.25, 0.3) is 0 Å². The first kappa shape index (κ1) is 104. The Balaban J connectivity index is 5.26. The molecule has 0 fully saturated rings. The number of carbonyl (C=O) groups is 4. The molecule has 0 aromatic carbocycles. The zero-order valence-electron chi connectivity index (χ0n) is 69.6. The Kier molecular flexibility index (Phi) is 78.2. The lowest BCUT2D eigenvalue weighted by atomic mass is 10.0. The quantitative estimate of drug-likeness (QED) is 0.0222. The summed E-state index contributed by atoms with van der Waals surface area (Å²) in [6.07, 6.45) is 73.5. The number of phosphoric ester groups is 2. The van der Waals surface area contributed by atoms with Crippen molar-refractivity contribution < 1.29 is 80.2 Å². The smallest absolute Gasteiger partial charge is 0.462 e. The van der Waals surface area contributed by atoms with Gasteiger partial charge in [-0.3, -0.25) is 37.3 Å². The molecule has 0 radical (unpaired) electrons. The number of aliphatic hydroxyl groups excluding tert-OH is 1. The first-order valence-electron chi connectivity index (χ1n) is 45.1. The van der Waals surface area contributed by atoms with Crippen LogP contribution in [-0.2, 0) is 65.4 Å². The minimum absolute atomic E-state index is 0.109. The molecule has 0 heterocycles. The lowest BCUT2D eigenvalue weighted by molar-refractivity contribution is -0.161. The summed E-state index contributed by atoms with van der Waals surface area (Å²) in [7, 11) is -9.93. The van der Waals surface area contributed by atoms with Crippen molar-refractivity contribution in [3.8, 4) is 0 Å². The van der Waals surface area contributed by atoms with Crippen molar-refractivity contribution in [3.05, 3.63) is 0 Å². The highest BCUT2D eigenvalue weighted by molar-refractivity contribution is 7.47. The van der Waals surface area contributed by atoms with Gasteiger partial charge >= 0.3 is 39.5 Å². The van der Waals surface area contributed by atoms with Crippen LogP contribution in [0.15, 0.2) is 0 Å². The van der Waals surface area contributed by atoms with E-state index in [1.807, 2.05) is 0 Å². The van der Waals surface area contributed by atoms with Crippen molar-refractivity contribution >= 4 is 39.5 Å². The largest absolute Gasteiger partial charge is 0.472 e. The lowest BCUT2D eigenvalue weighted by Crippen LogP contribution is -2.30. The molecule has 19 heteroatoms. The second-order valence-electron chi connectivity index (χ2n) is 31.8. The van der Waals surface area contributed by atoms with Gasteiger partial charge in [0.15, 0.2) is 12.2 Å². The molecule has 0 spiro atoms. The summed E-state index contributed by atoms with van der Waals surface area (Å²) in [6, 6.07) is 0. The molecule has 0 aromatic heterocycles. The van der Waals surface area contributed by atoms with E-state index in [1.165, 1.54) is 295 Å². The summed E-state index contributed by atoms with van der Waals surface area (Å²) in [5, 5.41) is 10.7. The Morgan fingerprint density at radius 2 is 0.434 bits per heavy atom. The van der Waals surface area contributed by atoms with E-state index in [2.05, 4.69) is 34.6 Å². The molecule has 2 unspecified atom stereocenters. The molecule has 0 saturated carbocycles. The third kappa shape index (κ3) is 80.1. The summed E-state index contributed by atoms with van der Waals surface area (Å²) in [4.78, 5) is 73.3. The predicted octanol–water partition coefficient (Wildman–Crippen LogP) is 26.8. The standard InChI is InChI=1S/C87H170O17P2/c1-6-9-12-15-18-21-24-27-29-30-31-32-33-37-43-48-53-58-63-68-73-87(92)104-83(77-98-85(90)71-66-61-56-51-46-41-38-34-36-40-44-49-54-59-64-69-80(4)5)79-102-106(95,96)100-75-81(88)74-99-105(93,94)101-78-82(76-97-84(89)70-65-60-55-50-45-39-26-23-20-17-14-11-8-3)103-86(91)72-67-62-57-52-47-42-35-28-25-22-19-16-13-10-7-2/h80-83,88H,6-79H2,1-5H3,(H,93,94)(H,95,96)/t81-,82+,83+/m0/s1. The highest BCUT2D eigenvalue weighted by Crippen LogP contribution is 2.45. The number of unbranched alkanes of at least 4 members (excludes halogenated alkanes) is 59. The van der Waals surface area contributed by atoms with Crippen molar-refractivity contribution in [2.24, 2.45) is 5.92 Å². The molecule has 3 N–H and O–H groups in total. The van der Waals surface area contributed by atoms with Crippen molar-refractivity contribution in [1.82, 2.24) is 0 Å². The fourth-order valence-electron chi connectivity index (χ4n) is 13.6. The highest BCUT2D eigenvalue weighted by atomic mass is 31.2. The molecule has 5 atom stereocenters. The van der Waals surface area contributed by atoms with Crippen LogP contribution < -0.4 is 0 Å². The van der Waals surface area contributed by atoms with Crippen LogP contribution in [-0.4, -0.2) is 96.7 Å². The number of phosphoric acid groups is 2. The van der Waals surface area contributed by atoms with E-state index >= 15 is 0 Å². The Bertz CT molecular complexity index is 2010. The predicted molar refractivity (Wildman–Crippen MR) is 437 cm³/mol. The lowest BCUT2D eigenvalue weighted by Gasteiger charge is -2.21. The van der Waals surface area contributed by atoms with Crippen LogP contribution in [0.3, 0.4) is 0 Å². The molecule has 0 rings (SSSR count). The van der Waals surface area contributed by atoms with Crippen LogP contribution in [0, 0.1) is 5.92 Å². The molecule has 630 valence electrons. The van der Waals surface area contributed by atoms with Gasteiger partial charge in [0.2, 0.25) is 0 Å². The zero-order chi connectivity index (χ0) is 77.6. The van der Waals surface area contributed by atoms with Crippen LogP contribution >= 0.6 is 15.6 Å². The Labute approximate surface area is 651 Å². The highest BCUT2D eigenvalue weighted by Gasteiger charge is 2.30. The minimum atomic E-state index is -4.97. The topological polar surface area (TPSA) is 237 Å². The fraction of sp³-hybridized carbons (Fsp3) is 0.954. The van der Waals surface area contributed by atoms with E-state index in [4.69, 9.17) is 37.0 Å². The molecule has 0 bridgehead atoms. The van der Waals surface area contributed by atoms with Gasteiger partial charge in [0.25, 0.3) is 0 Å². The number of hydrogen-bond donors (Lipinski definition) is 3. The van der Waals surface area contributed by atoms with Gasteiger partial charge in [-0.25, -0.2) is 9.13 Å². The molecule has 0 saturated heterocycles. The number of carbonyl (C=O) groups excluding carboxylic acids is 4. The van der Waals surface area contributed by atoms with Crippen molar-refractivity contribution in [3.63, 3.8) is 0 Å². The number of aliphatic hydroxyl groups is 1. The second kappa shape index (κ2) is 79.7. The van der Waals surface area contributed by atoms with Gasteiger partial charge in [0, 0.05) is 25.7 Å². The van der Waals surface area contributed by atoms with E-state index in [0.717, 1.165) is 95.8 Å². The monoisotopic (exact) mass is 1550 g/mol. The Hall–Kier alpha value is -1.94. The summed E-state index contributed by atoms with van der Waals surface area (Å²) in [5.41, 5.74) is 0. The molecule has 106 heavy (non-hydrogen) atoms. The maximum Gasteiger partial charge on any atom is 0.472 e. The number of rotatable bonds is 87. The van der Waals surface area contributed by atoms with Crippen LogP contribution in [0.1, 0.15) is 471 Å². The van der Waals surface area contributed by atoms with E-state index in [9.17, 15) is 43.2 Å². The first-order chi connectivity index (χ1) is 51.5. The van der Waals surface area contributed by atoms with Crippen LogP contribution in [0.2, 0.25) is 0 Å². The molecular formula is C87H170O17P2. The average molecular weight is 1550 g/mol. The van der Waals surface area contributed by atoms with E-state index < -0.39 is 97.5 Å². The van der Waals surface area contributed by atoms with Gasteiger partial charge in [0.1, 0.15) is 19.3 Å². The number of esters is 4. The SMILES string of the molecule is CCCCCCCCCCCCCCCCCCCCCCC(=O)O[C@H](COC(=O)CCCCCCCCCCCCCCCCCC(C)C)COP(=O)(O)OC[C@@H](O)COP(=O)(O)OC[C@@H](COC(=O)CCCCCCCCCCCCCCC)OC(=O)CCCCCCCCCCCCCCCCC. The van der Waals surface area contributed by atoms with Gasteiger partial charge in [0.05, 0.1) is 26.4 Å². The van der Waals surface area contributed by atoms with Gasteiger partial charge in [-0.15, -0.1) is 0 Å². The van der Waals surface area contributed by atoms with Crippen molar-refractivity contribution in [2.75, 3.05) is 39.6 Å². The third-order valence-electron chi connectivity index (χ3n) is 20.5. The molecule has 0 aliphatic rings. The van der Waals surface area contributed by atoms with Gasteiger partial charge < -0.3 is 33.8 Å². The summed E-state index contributed by atoms with van der Waals surface area (Å²) in [5.74, 6) is -1.29. The van der Waals surface area contributed by atoms with E-state index in [0.29, 0.717) is 25.7 Å². The van der Waals surface area contributed by atoms with Crippen molar-refractivity contribution in [2.45, 2.75) is 490 Å². The zero-order valence-corrected chi connectivity index (χ0v) is 71.4. The summed E-state index contributed by atoms with van der Waals surface area (Å²) in [6.45, 7) is 7.41. The fourth-order valence-corrected chi connectivity index (χ4v) is 15.2. The van der Waals surface area contributed by atoms with Gasteiger partial charge in [-0.2, -0.15) is 0 Å². The Morgan fingerprint density at radius 1 is 0.255 bits per heavy atom. The summed E-state index contributed by atoms with van der Waals surface area (Å²) < 4.78 is 69.0. The first-order valence-corrected chi connectivity index (χ1v) is 48.1. The second-order valence-corrected chi connectivity index (χ2v) is 34.7. The molecular weight excluding hydrogens is 1380 g/mol. The Morgan fingerprint density at radius 3 is 0.642 bits per heavy atom. The minimum Gasteiger partial charge on any atom is -0.462 e. The molecule has 17 nitrogen and oxygen atoms in total. The van der Waals surface area contributed by atoms with E-state index in [1.54, 1.807) is 0 Å². The molecule has 0 aromatic rings. The maximum atomic E-state index is 13.2. The molecule has 0 aliphatic heterocycles. The average Bonchev–Trinajstić information content (AvgIpc) is 0.903. The van der Waals surface area contributed by atoms with Crippen molar-refractivity contribution in [1.29, 1.82) is 0 Å². The maximum absolute atomic E-state index is 13.2. The molecule has 0 aliphatic carbocycles. The number of ether oxygens (including phenoxy) is 4.